The van der Waals surface area contributed by atoms with Crippen molar-refractivity contribution in [1.82, 2.24) is 0 Å². The molecular formula is C24H28SiZr. The van der Waals surface area contributed by atoms with Crippen LogP contribution in [-0.4, -0.2) is 5.43 Å². The molecule has 4 rings (SSSR count). The van der Waals surface area contributed by atoms with Crippen molar-refractivity contribution in [1.29, 1.82) is 0 Å². The molecule has 2 aliphatic rings. The van der Waals surface area contributed by atoms with Crippen molar-refractivity contribution < 1.29 is 23.3 Å². The van der Waals surface area contributed by atoms with E-state index < -0.39 is 0 Å². The first-order valence-electron chi connectivity index (χ1n) is 9.21. The summed E-state index contributed by atoms with van der Waals surface area (Å²) >= 11 is 1.74. The van der Waals surface area contributed by atoms with E-state index in [0.717, 1.165) is 0 Å². The predicted molar refractivity (Wildman–Crippen MR) is 115 cm³/mol. The van der Waals surface area contributed by atoms with Gasteiger partial charge in [-0.15, -0.1) is 36.4 Å². The summed E-state index contributed by atoms with van der Waals surface area (Å²) in [5.41, 5.74) is 5.82. The van der Waals surface area contributed by atoms with Gasteiger partial charge in [-0.1, -0.05) is 38.2 Å². The third-order valence-corrected chi connectivity index (χ3v) is 4.32. The molecule has 0 fully saturated rings. The first-order valence-corrected chi connectivity index (χ1v) is 15.4. The Labute approximate surface area is 174 Å². The summed E-state index contributed by atoms with van der Waals surface area (Å²) in [5.74, 6) is 1.13. The molecule has 2 atom stereocenters. The Kier molecular flexibility index (Phi) is 8.75. The molecule has 0 saturated carbocycles. The minimum atomic E-state index is 0.210. The minimum absolute atomic E-state index is 0.210. The number of hydrogen-bond acceptors (Lipinski definition) is 0. The van der Waals surface area contributed by atoms with Crippen LogP contribution in [0.3, 0.4) is 0 Å². The fourth-order valence-corrected chi connectivity index (χ4v) is 3.02. The van der Waals surface area contributed by atoms with Crippen molar-refractivity contribution in [3.05, 3.63) is 95.1 Å². The van der Waals surface area contributed by atoms with Gasteiger partial charge in [0.05, 0.1) is 0 Å². The van der Waals surface area contributed by atoms with E-state index in [1.807, 2.05) is 0 Å². The van der Waals surface area contributed by atoms with Crippen LogP contribution in [-0.2, 0) is 23.3 Å². The second-order valence-corrected chi connectivity index (χ2v) is 16.3. The van der Waals surface area contributed by atoms with Crippen LogP contribution in [0.25, 0.3) is 12.2 Å². The molecule has 0 N–H and O–H groups in total. The molecule has 0 aromatic heterocycles. The van der Waals surface area contributed by atoms with E-state index in [1.54, 1.807) is 23.3 Å². The van der Waals surface area contributed by atoms with Gasteiger partial charge < -0.3 is 0 Å². The standard InChI is InChI=1S/2C11H11.C2H6Si.Zr/c2*1-9-5-2-3-6-10-7-4-8-11(9)10;1-3-2;/h2*2-9H,1H3;1-2H3;/q2*-1;;+2. The maximum atomic E-state index is 2.31. The van der Waals surface area contributed by atoms with E-state index in [0.29, 0.717) is 11.8 Å². The topological polar surface area (TPSA) is 0 Å². The third kappa shape index (κ3) is 6.49. The molecule has 2 aliphatic carbocycles. The Morgan fingerprint density at radius 1 is 0.769 bits per heavy atom. The molecule has 0 aliphatic heterocycles. The van der Waals surface area contributed by atoms with Crippen LogP contribution in [0.5, 0.6) is 0 Å². The summed E-state index contributed by atoms with van der Waals surface area (Å²) in [6.07, 6.45) is 17.2. The van der Waals surface area contributed by atoms with E-state index in [-0.39, 0.29) is 5.43 Å². The molecule has 0 amide bonds. The first-order chi connectivity index (χ1) is 12.5. The molecule has 2 aromatic carbocycles. The van der Waals surface area contributed by atoms with Crippen molar-refractivity contribution in [3.63, 3.8) is 0 Å². The molecule has 2 heteroatoms. The molecule has 132 valence electrons. The molecule has 0 nitrogen and oxygen atoms in total. The second kappa shape index (κ2) is 10.8. The molecule has 0 spiro atoms. The first kappa shape index (κ1) is 21.1. The molecule has 26 heavy (non-hydrogen) atoms. The van der Waals surface area contributed by atoms with Gasteiger partial charge >= 0.3 is 41.9 Å². The van der Waals surface area contributed by atoms with Gasteiger partial charge in [0.25, 0.3) is 0 Å². The van der Waals surface area contributed by atoms with E-state index in [9.17, 15) is 0 Å². The van der Waals surface area contributed by atoms with E-state index in [2.05, 4.69) is 112 Å². The van der Waals surface area contributed by atoms with E-state index in [4.69, 9.17) is 0 Å². The Morgan fingerprint density at radius 3 is 1.54 bits per heavy atom. The SMILES string of the molecule is CC1C=CC=Cc2[cH-]ccc21.CC1C=CC=Cc2[cH-]ccc21.C[Si](C)=[Zr+2]. The van der Waals surface area contributed by atoms with Gasteiger partial charge in [0.2, 0.25) is 0 Å². The van der Waals surface area contributed by atoms with Gasteiger partial charge in [-0.2, -0.15) is 46.5 Å². The Bertz CT molecular complexity index is 758. The Morgan fingerprint density at radius 2 is 1.15 bits per heavy atom. The summed E-state index contributed by atoms with van der Waals surface area (Å²) in [5, 5.41) is 0. The number of fused-ring (bicyclic) bond motifs is 2. The molecule has 2 aromatic rings. The summed E-state index contributed by atoms with van der Waals surface area (Å²) < 4.78 is 0. The van der Waals surface area contributed by atoms with E-state index >= 15 is 0 Å². The fraction of sp³-hybridized carbons (Fsp3) is 0.250. The molecule has 2 unspecified atom stereocenters. The van der Waals surface area contributed by atoms with Gasteiger partial charge in [0, 0.05) is 0 Å². The van der Waals surface area contributed by atoms with Crippen LogP contribution >= 0.6 is 0 Å². The molecule has 0 bridgehead atoms. The molecule has 0 saturated heterocycles. The zero-order valence-electron chi connectivity index (χ0n) is 16.2. The number of allylic oxidation sites excluding steroid dienone is 6. The zero-order valence-corrected chi connectivity index (χ0v) is 19.7. The van der Waals surface area contributed by atoms with Crippen molar-refractivity contribution in [2.75, 3.05) is 0 Å². The molecule has 0 heterocycles. The van der Waals surface area contributed by atoms with Crippen LogP contribution in [0.15, 0.2) is 72.9 Å². The predicted octanol–water partition coefficient (Wildman–Crippen LogP) is 6.97. The van der Waals surface area contributed by atoms with Crippen LogP contribution in [0.4, 0.5) is 0 Å². The Balaban J connectivity index is 0.000000156. The van der Waals surface area contributed by atoms with Crippen molar-refractivity contribution >= 4 is 17.6 Å². The summed E-state index contributed by atoms with van der Waals surface area (Å²) in [7, 11) is 0. The van der Waals surface area contributed by atoms with Crippen molar-refractivity contribution in [2.45, 2.75) is 38.8 Å². The maximum absolute atomic E-state index is 2.31. The van der Waals surface area contributed by atoms with Crippen molar-refractivity contribution in [2.24, 2.45) is 0 Å². The van der Waals surface area contributed by atoms with Crippen LogP contribution in [0.2, 0.25) is 13.1 Å². The van der Waals surface area contributed by atoms with Crippen LogP contribution < -0.4 is 0 Å². The fourth-order valence-electron chi connectivity index (χ4n) is 3.02. The normalized spacial score (nSPS) is 19.2. The summed E-state index contributed by atoms with van der Waals surface area (Å²) in [6, 6.07) is 12.9. The average molecular weight is 436 g/mol. The third-order valence-electron chi connectivity index (χ3n) is 4.32. The van der Waals surface area contributed by atoms with Gasteiger partial charge in [0.1, 0.15) is 0 Å². The van der Waals surface area contributed by atoms with E-state index in [1.165, 1.54) is 22.3 Å². The summed E-state index contributed by atoms with van der Waals surface area (Å²) in [6.45, 7) is 9.07. The number of hydrogen-bond donors (Lipinski definition) is 0. The zero-order chi connectivity index (χ0) is 18.9. The molecule has 0 radical (unpaired) electrons. The Hall–Kier alpha value is -1.24. The van der Waals surface area contributed by atoms with Crippen LogP contribution in [0.1, 0.15) is 47.9 Å². The monoisotopic (exact) mass is 434 g/mol. The van der Waals surface area contributed by atoms with Crippen molar-refractivity contribution in [3.8, 4) is 0 Å². The quantitative estimate of drug-likeness (QED) is 0.310. The van der Waals surface area contributed by atoms with Gasteiger partial charge in [0.15, 0.2) is 0 Å². The average Bonchev–Trinajstić information content (AvgIpc) is 3.18. The molecular weight excluding hydrogens is 408 g/mol. The summed E-state index contributed by atoms with van der Waals surface area (Å²) in [4.78, 5) is 0. The second-order valence-electron chi connectivity index (χ2n) is 6.94. The van der Waals surface area contributed by atoms with Gasteiger partial charge in [-0.3, -0.25) is 0 Å². The van der Waals surface area contributed by atoms with Gasteiger partial charge in [-0.25, -0.2) is 0 Å². The van der Waals surface area contributed by atoms with Gasteiger partial charge in [-0.05, 0) is 11.8 Å². The number of rotatable bonds is 0. The van der Waals surface area contributed by atoms with Crippen LogP contribution in [0, 0.1) is 0 Å².